The van der Waals surface area contributed by atoms with Gasteiger partial charge in [0.1, 0.15) is 0 Å². The van der Waals surface area contributed by atoms with E-state index in [0.29, 0.717) is 19.6 Å². The fourth-order valence-electron chi connectivity index (χ4n) is 2.09. The lowest BCUT2D eigenvalue weighted by Gasteiger charge is -2.28. The standard InChI is InChI=1S/C15H26N2O2S/c1-6-17(7-2)20(18,19)16-12-15(4,5)14-10-8-9-13(3)11-14/h8-11,16H,6-7,12H2,1-5H3. The van der Waals surface area contributed by atoms with E-state index < -0.39 is 10.2 Å². The van der Waals surface area contributed by atoms with Crippen molar-refractivity contribution in [3.8, 4) is 0 Å². The Hall–Kier alpha value is -0.910. The minimum Gasteiger partial charge on any atom is -0.201 e. The highest BCUT2D eigenvalue weighted by Gasteiger charge is 2.25. The highest BCUT2D eigenvalue weighted by molar-refractivity contribution is 7.87. The molecule has 5 heteroatoms. The topological polar surface area (TPSA) is 49.4 Å². The number of nitrogens with one attached hydrogen (secondary N) is 1. The maximum Gasteiger partial charge on any atom is 0.279 e. The lowest BCUT2D eigenvalue weighted by molar-refractivity contribution is 0.422. The van der Waals surface area contributed by atoms with Gasteiger partial charge in [-0.1, -0.05) is 57.5 Å². The zero-order valence-electron chi connectivity index (χ0n) is 13.1. The van der Waals surface area contributed by atoms with Crippen LogP contribution >= 0.6 is 0 Å². The normalized spacial score (nSPS) is 12.9. The zero-order chi connectivity index (χ0) is 15.4. The van der Waals surface area contributed by atoms with Gasteiger partial charge in [0.05, 0.1) is 0 Å². The summed E-state index contributed by atoms with van der Waals surface area (Å²) in [6.45, 7) is 11.2. The molecule has 20 heavy (non-hydrogen) atoms. The number of nitrogens with zero attached hydrogens (tertiary/aromatic N) is 1. The zero-order valence-corrected chi connectivity index (χ0v) is 13.9. The first-order valence-electron chi connectivity index (χ1n) is 7.05. The molecule has 0 atom stereocenters. The van der Waals surface area contributed by atoms with E-state index in [1.807, 2.05) is 52.8 Å². The van der Waals surface area contributed by atoms with E-state index in [2.05, 4.69) is 10.8 Å². The molecule has 0 unspecified atom stereocenters. The number of hydrogen-bond donors (Lipinski definition) is 1. The monoisotopic (exact) mass is 298 g/mol. The molecule has 0 amide bonds. The molecule has 0 aliphatic carbocycles. The van der Waals surface area contributed by atoms with Crippen LogP contribution in [0.1, 0.15) is 38.8 Å². The summed E-state index contributed by atoms with van der Waals surface area (Å²) >= 11 is 0. The molecular weight excluding hydrogens is 272 g/mol. The Morgan fingerprint density at radius 3 is 2.30 bits per heavy atom. The van der Waals surface area contributed by atoms with Crippen LogP contribution in [0.15, 0.2) is 24.3 Å². The number of aryl methyl sites for hydroxylation is 1. The van der Waals surface area contributed by atoms with Crippen molar-refractivity contribution in [1.29, 1.82) is 0 Å². The van der Waals surface area contributed by atoms with Crippen molar-refractivity contribution in [2.75, 3.05) is 19.6 Å². The van der Waals surface area contributed by atoms with E-state index in [4.69, 9.17) is 0 Å². The Morgan fingerprint density at radius 1 is 1.20 bits per heavy atom. The van der Waals surface area contributed by atoms with Crippen LogP contribution in [0.5, 0.6) is 0 Å². The van der Waals surface area contributed by atoms with Crippen molar-refractivity contribution < 1.29 is 8.42 Å². The molecule has 0 bridgehead atoms. The molecule has 1 N–H and O–H groups in total. The summed E-state index contributed by atoms with van der Waals surface area (Å²) in [4.78, 5) is 0. The smallest absolute Gasteiger partial charge is 0.201 e. The van der Waals surface area contributed by atoms with Gasteiger partial charge in [-0.15, -0.1) is 0 Å². The molecule has 0 radical (unpaired) electrons. The molecule has 0 saturated heterocycles. The van der Waals surface area contributed by atoms with Gasteiger partial charge < -0.3 is 0 Å². The minimum absolute atomic E-state index is 0.244. The summed E-state index contributed by atoms with van der Waals surface area (Å²) < 4.78 is 28.5. The lowest BCUT2D eigenvalue weighted by Crippen LogP contribution is -2.45. The summed E-state index contributed by atoms with van der Waals surface area (Å²) in [6.07, 6.45) is 0. The first-order chi connectivity index (χ1) is 9.23. The Kier molecular flexibility index (Phi) is 5.74. The average molecular weight is 298 g/mol. The fourth-order valence-corrected chi connectivity index (χ4v) is 3.50. The van der Waals surface area contributed by atoms with E-state index >= 15 is 0 Å². The van der Waals surface area contributed by atoms with Gasteiger partial charge in [0.25, 0.3) is 10.2 Å². The molecule has 1 aromatic rings. The third-order valence-electron chi connectivity index (χ3n) is 3.54. The van der Waals surface area contributed by atoms with E-state index in [9.17, 15) is 8.42 Å². The average Bonchev–Trinajstić information content (AvgIpc) is 2.38. The van der Waals surface area contributed by atoms with Crippen molar-refractivity contribution in [1.82, 2.24) is 9.03 Å². The second kappa shape index (κ2) is 6.70. The highest BCUT2D eigenvalue weighted by Crippen LogP contribution is 2.23. The maximum atomic E-state index is 12.2. The van der Waals surface area contributed by atoms with Gasteiger partial charge in [0.2, 0.25) is 0 Å². The summed E-state index contributed by atoms with van der Waals surface area (Å²) in [6, 6.07) is 8.19. The molecule has 0 spiro atoms. The first kappa shape index (κ1) is 17.1. The van der Waals surface area contributed by atoms with Gasteiger partial charge in [-0.3, -0.25) is 0 Å². The summed E-state index contributed by atoms with van der Waals surface area (Å²) in [5.74, 6) is 0. The molecule has 0 aromatic heterocycles. The second-order valence-corrected chi connectivity index (χ2v) is 7.42. The number of benzene rings is 1. The molecular formula is C15H26N2O2S. The van der Waals surface area contributed by atoms with Crippen LogP contribution in [0.2, 0.25) is 0 Å². The van der Waals surface area contributed by atoms with Crippen LogP contribution in [0.4, 0.5) is 0 Å². The van der Waals surface area contributed by atoms with Gasteiger partial charge >= 0.3 is 0 Å². The molecule has 114 valence electrons. The van der Waals surface area contributed by atoms with E-state index in [-0.39, 0.29) is 5.41 Å². The predicted molar refractivity (Wildman–Crippen MR) is 84.0 cm³/mol. The van der Waals surface area contributed by atoms with Crippen LogP contribution < -0.4 is 4.72 Å². The van der Waals surface area contributed by atoms with Crippen molar-refractivity contribution in [3.63, 3.8) is 0 Å². The highest BCUT2D eigenvalue weighted by atomic mass is 32.2. The quantitative estimate of drug-likeness (QED) is 0.840. The summed E-state index contributed by atoms with van der Waals surface area (Å²) in [5.41, 5.74) is 2.08. The van der Waals surface area contributed by atoms with E-state index in [1.165, 1.54) is 9.87 Å². The molecule has 1 aromatic carbocycles. The molecule has 1 rings (SSSR count). The fraction of sp³-hybridized carbons (Fsp3) is 0.600. The third-order valence-corrected chi connectivity index (χ3v) is 5.25. The number of rotatable bonds is 7. The van der Waals surface area contributed by atoms with Crippen LogP contribution in [0, 0.1) is 6.92 Å². The first-order valence-corrected chi connectivity index (χ1v) is 8.49. The second-order valence-electron chi connectivity index (χ2n) is 5.66. The van der Waals surface area contributed by atoms with Crippen LogP contribution in [-0.4, -0.2) is 32.4 Å². The van der Waals surface area contributed by atoms with Crippen molar-refractivity contribution in [3.05, 3.63) is 35.4 Å². The molecule has 4 nitrogen and oxygen atoms in total. The molecule has 0 aliphatic rings. The van der Waals surface area contributed by atoms with Gasteiger partial charge in [0, 0.05) is 25.0 Å². The van der Waals surface area contributed by atoms with Gasteiger partial charge in [0.15, 0.2) is 0 Å². The molecule has 0 saturated carbocycles. The van der Waals surface area contributed by atoms with E-state index in [1.54, 1.807) is 0 Å². The van der Waals surface area contributed by atoms with E-state index in [0.717, 1.165) is 5.56 Å². The van der Waals surface area contributed by atoms with Gasteiger partial charge in [-0.25, -0.2) is 4.72 Å². The Labute approximate surface area is 123 Å². The summed E-state index contributed by atoms with van der Waals surface area (Å²) in [5, 5.41) is 0. The van der Waals surface area contributed by atoms with Crippen molar-refractivity contribution >= 4 is 10.2 Å². The molecule has 0 aliphatic heterocycles. The Bertz CT molecular complexity index is 535. The largest absolute Gasteiger partial charge is 0.279 e. The van der Waals surface area contributed by atoms with Crippen molar-refractivity contribution in [2.24, 2.45) is 0 Å². The summed E-state index contributed by atoms with van der Waals surface area (Å²) in [7, 11) is -3.39. The van der Waals surface area contributed by atoms with Crippen LogP contribution in [-0.2, 0) is 15.6 Å². The third kappa shape index (κ3) is 4.30. The Balaban J connectivity index is 2.82. The van der Waals surface area contributed by atoms with Crippen molar-refractivity contribution in [2.45, 2.75) is 40.0 Å². The number of hydrogen-bond acceptors (Lipinski definition) is 2. The lowest BCUT2D eigenvalue weighted by atomic mass is 9.84. The molecule has 0 heterocycles. The molecule has 0 fully saturated rings. The van der Waals surface area contributed by atoms with Gasteiger partial charge in [-0.2, -0.15) is 12.7 Å². The van der Waals surface area contributed by atoms with Crippen LogP contribution in [0.3, 0.4) is 0 Å². The predicted octanol–water partition coefficient (Wildman–Crippen LogP) is 2.45. The minimum atomic E-state index is -3.39. The van der Waals surface area contributed by atoms with Crippen LogP contribution in [0.25, 0.3) is 0 Å². The Morgan fingerprint density at radius 2 is 1.80 bits per heavy atom. The maximum absolute atomic E-state index is 12.2. The van der Waals surface area contributed by atoms with Gasteiger partial charge in [-0.05, 0) is 12.5 Å². The SMILES string of the molecule is CCN(CC)S(=O)(=O)NCC(C)(C)c1cccc(C)c1.